The first-order valence-electron chi connectivity index (χ1n) is 8.37. The first-order valence-corrected chi connectivity index (χ1v) is 8.37. The summed E-state index contributed by atoms with van der Waals surface area (Å²) in [6.07, 6.45) is 6.30. The largest absolute Gasteiger partial charge is 0.550 e. The van der Waals surface area contributed by atoms with Crippen molar-refractivity contribution >= 4 is 17.6 Å². The number of para-hydroxylation sites is 1. The fourth-order valence-corrected chi connectivity index (χ4v) is 4.11. The van der Waals surface area contributed by atoms with E-state index in [4.69, 9.17) is 0 Å². The third kappa shape index (κ3) is 2.67. The molecule has 1 fully saturated rings. The van der Waals surface area contributed by atoms with Crippen molar-refractivity contribution in [1.82, 2.24) is 0 Å². The molecule has 4 heteroatoms. The number of carbonyl (C=O) groups is 2. The summed E-state index contributed by atoms with van der Waals surface area (Å²) in [5.41, 5.74) is 3.02. The van der Waals surface area contributed by atoms with Gasteiger partial charge in [0, 0.05) is 17.6 Å². The summed E-state index contributed by atoms with van der Waals surface area (Å²) in [5.74, 6) is -2.57. The van der Waals surface area contributed by atoms with Gasteiger partial charge in [-0.3, -0.25) is 4.79 Å². The number of rotatable bonds is 5. The van der Waals surface area contributed by atoms with E-state index in [0.29, 0.717) is 0 Å². The second kappa shape index (κ2) is 6.19. The molecule has 122 valence electrons. The van der Waals surface area contributed by atoms with E-state index in [2.05, 4.69) is 19.2 Å². The van der Waals surface area contributed by atoms with Gasteiger partial charge in [0.25, 0.3) is 0 Å². The Morgan fingerprint density at radius 1 is 1.09 bits per heavy atom. The summed E-state index contributed by atoms with van der Waals surface area (Å²) < 4.78 is 0. The number of carboxylic acid groups (broad SMARTS) is 1. The highest BCUT2D eigenvalue weighted by Crippen LogP contribution is 2.48. The van der Waals surface area contributed by atoms with E-state index in [-0.39, 0.29) is 17.7 Å². The monoisotopic (exact) mass is 312 g/mol. The van der Waals surface area contributed by atoms with Crippen molar-refractivity contribution in [1.29, 1.82) is 0 Å². The average molecular weight is 312 g/mol. The lowest BCUT2D eigenvalue weighted by molar-refractivity contribution is -0.313. The second-order valence-corrected chi connectivity index (χ2v) is 6.47. The number of carbonyl (C=O) groups excluding carboxylic acids is 2. The molecule has 2 aliphatic carbocycles. The SMILES string of the molecule is CCc1cccc(CC)c1NC(=O)[C@@H]1[C@@H](C(=O)[O-])[C@H]2C=C[C@H]1C2. The van der Waals surface area contributed by atoms with Crippen molar-refractivity contribution in [3.8, 4) is 0 Å². The summed E-state index contributed by atoms with van der Waals surface area (Å²) in [6.45, 7) is 4.10. The van der Waals surface area contributed by atoms with Crippen LogP contribution in [0.15, 0.2) is 30.4 Å². The first-order chi connectivity index (χ1) is 11.1. The van der Waals surface area contributed by atoms with Gasteiger partial charge in [0.15, 0.2) is 0 Å². The zero-order valence-electron chi connectivity index (χ0n) is 13.5. The van der Waals surface area contributed by atoms with Gasteiger partial charge in [-0.1, -0.05) is 44.2 Å². The van der Waals surface area contributed by atoms with Crippen LogP contribution in [0.2, 0.25) is 0 Å². The number of allylic oxidation sites excluding steroid dienone is 2. The lowest BCUT2D eigenvalue weighted by Crippen LogP contribution is -2.43. The number of anilines is 1. The lowest BCUT2D eigenvalue weighted by Gasteiger charge is -2.28. The molecule has 2 aliphatic rings. The molecular formula is C19H22NO3-. The molecule has 0 radical (unpaired) electrons. The second-order valence-electron chi connectivity index (χ2n) is 6.47. The molecule has 1 saturated carbocycles. The number of carboxylic acids is 1. The highest BCUT2D eigenvalue weighted by molar-refractivity contribution is 5.97. The fraction of sp³-hybridized carbons (Fsp3) is 0.474. The number of benzene rings is 1. The van der Waals surface area contributed by atoms with Crippen molar-refractivity contribution in [2.45, 2.75) is 33.1 Å². The zero-order chi connectivity index (χ0) is 16.6. The number of fused-ring (bicyclic) bond motifs is 2. The molecule has 3 rings (SSSR count). The Balaban J connectivity index is 1.88. The van der Waals surface area contributed by atoms with Crippen LogP contribution in [0.25, 0.3) is 0 Å². The van der Waals surface area contributed by atoms with Gasteiger partial charge in [-0.15, -0.1) is 0 Å². The van der Waals surface area contributed by atoms with E-state index < -0.39 is 17.8 Å². The Morgan fingerprint density at radius 2 is 1.65 bits per heavy atom. The molecule has 1 aromatic carbocycles. The van der Waals surface area contributed by atoms with E-state index in [1.54, 1.807) is 0 Å². The van der Waals surface area contributed by atoms with E-state index >= 15 is 0 Å². The van der Waals surface area contributed by atoms with Gasteiger partial charge in [-0.25, -0.2) is 0 Å². The number of amides is 1. The van der Waals surface area contributed by atoms with Gasteiger partial charge < -0.3 is 15.2 Å². The molecule has 1 N–H and O–H groups in total. The van der Waals surface area contributed by atoms with Crippen LogP contribution in [0.5, 0.6) is 0 Å². The molecule has 4 atom stereocenters. The predicted molar refractivity (Wildman–Crippen MR) is 86.6 cm³/mol. The predicted octanol–water partition coefficient (Wildman–Crippen LogP) is 1.94. The molecule has 0 aromatic heterocycles. The molecule has 0 unspecified atom stereocenters. The summed E-state index contributed by atoms with van der Waals surface area (Å²) in [4.78, 5) is 24.3. The molecule has 1 amide bonds. The highest BCUT2D eigenvalue weighted by Gasteiger charge is 2.48. The number of hydrogen-bond acceptors (Lipinski definition) is 3. The molecule has 0 saturated heterocycles. The maximum atomic E-state index is 12.8. The highest BCUT2D eigenvalue weighted by atomic mass is 16.4. The number of hydrogen-bond donors (Lipinski definition) is 1. The van der Waals surface area contributed by atoms with E-state index in [0.717, 1.165) is 36.1 Å². The Labute approximate surface area is 136 Å². The topological polar surface area (TPSA) is 69.2 Å². The van der Waals surface area contributed by atoms with Crippen LogP contribution < -0.4 is 10.4 Å². The molecule has 2 bridgehead atoms. The minimum atomic E-state index is -1.11. The summed E-state index contributed by atoms with van der Waals surface area (Å²) in [7, 11) is 0. The number of aliphatic carboxylic acids is 1. The Hall–Kier alpha value is -2.10. The van der Waals surface area contributed by atoms with Crippen LogP contribution in [0.1, 0.15) is 31.4 Å². The van der Waals surface area contributed by atoms with Gasteiger partial charge in [0.1, 0.15) is 0 Å². The molecule has 0 spiro atoms. The minimum Gasteiger partial charge on any atom is -0.550 e. The van der Waals surface area contributed by atoms with Crippen LogP contribution >= 0.6 is 0 Å². The van der Waals surface area contributed by atoms with Crippen molar-refractivity contribution in [3.05, 3.63) is 41.5 Å². The normalized spacial score (nSPS) is 28.1. The third-order valence-electron chi connectivity index (χ3n) is 5.28. The van der Waals surface area contributed by atoms with Crippen molar-refractivity contribution in [2.24, 2.45) is 23.7 Å². The molecule has 1 aromatic rings. The Morgan fingerprint density at radius 3 is 2.17 bits per heavy atom. The van der Waals surface area contributed by atoms with E-state index in [1.165, 1.54) is 0 Å². The zero-order valence-corrected chi connectivity index (χ0v) is 13.5. The molecule has 0 aliphatic heterocycles. The molecular weight excluding hydrogens is 290 g/mol. The van der Waals surface area contributed by atoms with Gasteiger partial charge in [0.05, 0.1) is 5.92 Å². The van der Waals surface area contributed by atoms with Crippen LogP contribution in [0, 0.1) is 23.7 Å². The Bertz CT molecular complexity index is 642. The summed E-state index contributed by atoms with van der Waals surface area (Å²) >= 11 is 0. The third-order valence-corrected chi connectivity index (χ3v) is 5.28. The Kier molecular flexibility index (Phi) is 4.24. The average Bonchev–Trinajstić information content (AvgIpc) is 3.15. The van der Waals surface area contributed by atoms with Crippen molar-refractivity contribution < 1.29 is 14.7 Å². The van der Waals surface area contributed by atoms with Gasteiger partial charge in [0.2, 0.25) is 5.91 Å². The fourth-order valence-electron chi connectivity index (χ4n) is 4.11. The number of aryl methyl sites for hydroxylation is 2. The minimum absolute atomic E-state index is 0.0155. The van der Waals surface area contributed by atoms with Crippen LogP contribution in [-0.2, 0) is 22.4 Å². The van der Waals surface area contributed by atoms with Crippen molar-refractivity contribution in [3.63, 3.8) is 0 Å². The van der Waals surface area contributed by atoms with Crippen LogP contribution in [0.3, 0.4) is 0 Å². The van der Waals surface area contributed by atoms with Crippen LogP contribution in [-0.4, -0.2) is 11.9 Å². The molecule has 4 nitrogen and oxygen atoms in total. The quantitative estimate of drug-likeness (QED) is 0.845. The maximum Gasteiger partial charge on any atom is 0.228 e. The van der Waals surface area contributed by atoms with Crippen molar-refractivity contribution in [2.75, 3.05) is 5.32 Å². The van der Waals surface area contributed by atoms with E-state index in [1.807, 2.05) is 30.4 Å². The summed E-state index contributed by atoms with van der Waals surface area (Å²) in [5, 5.41) is 14.5. The van der Waals surface area contributed by atoms with E-state index in [9.17, 15) is 14.7 Å². The van der Waals surface area contributed by atoms with Gasteiger partial charge in [-0.2, -0.15) is 0 Å². The molecule has 0 heterocycles. The maximum absolute atomic E-state index is 12.8. The number of nitrogens with one attached hydrogen (secondary N) is 1. The lowest BCUT2D eigenvalue weighted by atomic mass is 9.82. The standard InChI is InChI=1S/C19H23NO3/c1-3-11-6-5-7-12(4-2)17(11)20-18(21)15-13-8-9-14(10-13)16(15)19(22)23/h5-9,13-16H,3-4,10H2,1-2H3,(H,20,21)(H,22,23)/p-1/t13-,14-,15-,16-/m0/s1. The van der Waals surface area contributed by atoms with Gasteiger partial charge >= 0.3 is 0 Å². The molecule has 23 heavy (non-hydrogen) atoms. The van der Waals surface area contributed by atoms with Crippen LogP contribution in [0.4, 0.5) is 5.69 Å². The summed E-state index contributed by atoms with van der Waals surface area (Å²) in [6, 6.07) is 6.01. The first kappa shape index (κ1) is 15.8. The smallest absolute Gasteiger partial charge is 0.228 e. The van der Waals surface area contributed by atoms with Gasteiger partial charge in [-0.05, 0) is 42.2 Å².